The summed E-state index contributed by atoms with van der Waals surface area (Å²) in [4.78, 5) is 23.0. The maximum Gasteiger partial charge on any atom is 0.322 e. The number of nitrogens with one attached hydrogen (secondary N) is 1. The van der Waals surface area contributed by atoms with E-state index in [1.54, 1.807) is 30.3 Å². The van der Waals surface area contributed by atoms with Crippen LogP contribution < -0.4 is 15.0 Å². The Labute approximate surface area is 158 Å². The van der Waals surface area contributed by atoms with Crippen LogP contribution in [0, 0.1) is 13.8 Å². The third-order valence-electron chi connectivity index (χ3n) is 3.91. The average molecular weight is 362 g/mol. The lowest BCUT2D eigenvalue weighted by atomic mass is 10.2. The Morgan fingerprint density at radius 1 is 0.963 bits per heavy atom. The zero-order valence-corrected chi connectivity index (χ0v) is 15.9. The Bertz CT molecular complexity index is 932. The summed E-state index contributed by atoms with van der Waals surface area (Å²) < 4.78 is 5.73. The van der Waals surface area contributed by atoms with Crippen molar-refractivity contribution in [2.24, 2.45) is 0 Å². The Balaban J connectivity index is 1.72. The van der Waals surface area contributed by atoms with Crippen molar-refractivity contribution in [2.45, 2.75) is 13.8 Å². The smallest absolute Gasteiger partial charge is 0.322 e. The number of amides is 1. The van der Waals surface area contributed by atoms with Gasteiger partial charge in [0.25, 0.3) is 5.91 Å². The topological polar surface area (TPSA) is 67.3 Å². The van der Waals surface area contributed by atoms with Crippen LogP contribution in [-0.4, -0.2) is 30.0 Å². The quantitative estimate of drug-likeness (QED) is 0.737. The third-order valence-corrected chi connectivity index (χ3v) is 3.91. The summed E-state index contributed by atoms with van der Waals surface area (Å²) in [5, 5.41) is 2.88. The summed E-state index contributed by atoms with van der Waals surface area (Å²) in [6, 6.07) is 16.7. The fourth-order valence-electron chi connectivity index (χ4n) is 2.60. The zero-order valence-electron chi connectivity index (χ0n) is 15.9. The first kappa shape index (κ1) is 18.4. The molecule has 0 saturated heterocycles. The number of hydrogen-bond donors (Lipinski definition) is 1. The number of aryl methyl sites for hydroxylation is 2. The van der Waals surface area contributed by atoms with Crippen molar-refractivity contribution in [2.75, 3.05) is 24.3 Å². The van der Waals surface area contributed by atoms with E-state index in [0.717, 1.165) is 17.1 Å². The second kappa shape index (κ2) is 7.86. The largest absolute Gasteiger partial charge is 0.424 e. The number of benzene rings is 2. The van der Waals surface area contributed by atoms with Gasteiger partial charge in [0.15, 0.2) is 0 Å². The number of carbonyl (C=O) groups is 1. The van der Waals surface area contributed by atoms with Gasteiger partial charge in [0, 0.05) is 48.5 Å². The van der Waals surface area contributed by atoms with Crippen LogP contribution in [0.3, 0.4) is 0 Å². The molecule has 0 spiro atoms. The van der Waals surface area contributed by atoms with Crippen molar-refractivity contribution in [3.05, 3.63) is 71.5 Å². The first-order valence-corrected chi connectivity index (χ1v) is 8.59. The van der Waals surface area contributed by atoms with Crippen molar-refractivity contribution in [3.63, 3.8) is 0 Å². The molecular formula is C21H22N4O2. The first-order chi connectivity index (χ1) is 12.9. The molecule has 27 heavy (non-hydrogen) atoms. The van der Waals surface area contributed by atoms with Gasteiger partial charge in [0.2, 0.25) is 0 Å². The SMILES string of the molecule is Cc1cc(C)nc(Oc2cccc(NC(=O)c3ccc(N(C)C)cc3)c2)n1. The maximum atomic E-state index is 12.5. The highest BCUT2D eigenvalue weighted by Gasteiger charge is 2.08. The molecule has 6 heteroatoms. The van der Waals surface area contributed by atoms with Gasteiger partial charge >= 0.3 is 6.01 Å². The molecule has 1 amide bonds. The van der Waals surface area contributed by atoms with E-state index in [1.165, 1.54) is 0 Å². The van der Waals surface area contributed by atoms with Crippen LogP contribution in [0.4, 0.5) is 11.4 Å². The molecule has 0 atom stereocenters. The molecule has 1 aromatic heterocycles. The highest BCUT2D eigenvalue weighted by atomic mass is 16.5. The predicted octanol–water partition coefficient (Wildman–Crippen LogP) is 4.20. The molecule has 0 aliphatic heterocycles. The van der Waals surface area contributed by atoms with Crippen LogP contribution in [0.25, 0.3) is 0 Å². The molecule has 3 rings (SSSR count). The van der Waals surface area contributed by atoms with Gasteiger partial charge in [-0.05, 0) is 56.3 Å². The molecule has 0 saturated carbocycles. The number of hydrogen-bond acceptors (Lipinski definition) is 5. The van der Waals surface area contributed by atoms with Gasteiger partial charge in [-0.1, -0.05) is 6.07 Å². The van der Waals surface area contributed by atoms with E-state index in [-0.39, 0.29) is 11.9 Å². The molecule has 0 aliphatic carbocycles. The van der Waals surface area contributed by atoms with Gasteiger partial charge in [-0.2, -0.15) is 0 Å². The number of nitrogens with zero attached hydrogens (tertiary/aromatic N) is 3. The van der Waals surface area contributed by atoms with Crippen LogP contribution in [0.1, 0.15) is 21.7 Å². The Morgan fingerprint density at radius 2 is 1.63 bits per heavy atom. The van der Waals surface area contributed by atoms with Gasteiger partial charge in [-0.15, -0.1) is 0 Å². The molecule has 1 heterocycles. The molecule has 3 aromatic rings. The number of ether oxygens (including phenoxy) is 1. The lowest BCUT2D eigenvalue weighted by Gasteiger charge is -2.13. The average Bonchev–Trinajstić information content (AvgIpc) is 2.61. The minimum absolute atomic E-state index is 0.180. The van der Waals surface area contributed by atoms with Crippen LogP contribution in [-0.2, 0) is 0 Å². The standard InChI is InChI=1S/C21H22N4O2/c1-14-12-15(2)23-21(22-14)27-19-7-5-6-17(13-19)24-20(26)16-8-10-18(11-9-16)25(3)4/h5-13H,1-4H3,(H,24,26). The van der Waals surface area contributed by atoms with E-state index < -0.39 is 0 Å². The number of aromatic nitrogens is 2. The van der Waals surface area contributed by atoms with E-state index in [9.17, 15) is 4.79 Å². The first-order valence-electron chi connectivity index (χ1n) is 8.59. The van der Waals surface area contributed by atoms with Crippen molar-refractivity contribution in [1.29, 1.82) is 0 Å². The minimum atomic E-state index is -0.180. The second-order valence-electron chi connectivity index (χ2n) is 6.46. The number of rotatable bonds is 5. The summed E-state index contributed by atoms with van der Waals surface area (Å²) in [5.41, 5.74) is 3.93. The van der Waals surface area contributed by atoms with E-state index >= 15 is 0 Å². The van der Waals surface area contributed by atoms with Crippen molar-refractivity contribution in [3.8, 4) is 11.8 Å². The highest BCUT2D eigenvalue weighted by Crippen LogP contribution is 2.23. The van der Waals surface area contributed by atoms with E-state index in [0.29, 0.717) is 17.0 Å². The zero-order chi connectivity index (χ0) is 19.4. The van der Waals surface area contributed by atoms with Crippen LogP contribution in [0.15, 0.2) is 54.6 Å². The maximum absolute atomic E-state index is 12.5. The Kier molecular flexibility index (Phi) is 5.35. The van der Waals surface area contributed by atoms with Crippen molar-refractivity contribution >= 4 is 17.3 Å². The third kappa shape index (κ3) is 4.82. The van der Waals surface area contributed by atoms with Crippen LogP contribution >= 0.6 is 0 Å². The van der Waals surface area contributed by atoms with Crippen molar-refractivity contribution < 1.29 is 9.53 Å². The van der Waals surface area contributed by atoms with E-state index in [4.69, 9.17) is 4.74 Å². The molecule has 0 aliphatic rings. The second-order valence-corrected chi connectivity index (χ2v) is 6.46. The molecule has 0 fully saturated rings. The summed E-state index contributed by atoms with van der Waals surface area (Å²) >= 11 is 0. The van der Waals surface area contributed by atoms with E-state index in [2.05, 4.69) is 15.3 Å². The van der Waals surface area contributed by atoms with Crippen LogP contribution in [0.2, 0.25) is 0 Å². The number of anilines is 2. The lowest BCUT2D eigenvalue weighted by molar-refractivity contribution is 0.102. The summed E-state index contributed by atoms with van der Waals surface area (Å²) in [7, 11) is 3.92. The van der Waals surface area contributed by atoms with Gasteiger partial charge in [-0.25, -0.2) is 9.97 Å². The molecule has 2 aromatic carbocycles. The lowest BCUT2D eigenvalue weighted by Crippen LogP contribution is -2.13. The van der Waals surface area contributed by atoms with Crippen molar-refractivity contribution in [1.82, 2.24) is 9.97 Å². The molecule has 6 nitrogen and oxygen atoms in total. The molecular weight excluding hydrogens is 340 g/mol. The molecule has 0 bridgehead atoms. The normalized spacial score (nSPS) is 10.4. The molecule has 0 radical (unpaired) electrons. The highest BCUT2D eigenvalue weighted by molar-refractivity contribution is 6.04. The summed E-state index contributed by atoms with van der Waals surface area (Å²) in [6.07, 6.45) is 0. The van der Waals surface area contributed by atoms with Gasteiger partial charge in [0.05, 0.1) is 0 Å². The fraction of sp³-hybridized carbons (Fsp3) is 0.190. The van der Waals surface area contributed by atoms with Gasteiger partial charge in [0.1, 0.15) is 5.75 Å². The summed E-state index contributed by atoms with van der Waals surface area (Å²) in [6.45, 7) is 3.78. The minimum Gasteiger partial charge on any atom is -0.424 e. The number of carbonyl (C=O) groups excluding carboxylic acids is 1. The fourth-order valence-corrected chi connectivity index (χ4v) is 2.60. The van der Waals surface area contributed by atoms with Gasteiger partial charge < -0.3 is 15.0 Å². The molecule has 1 N–H and O–H groups in total. The van der Waals surface area contributed by atoms with Gasteiger partial charge in [-0.3, -0.25) is 4.79 Å². The van der Waals surface area contributed by atoms with E-state index in [1.807, 2.05) is 57.1 Å². The Morgan fingerprint density at radius 3 is 2.26 bits per heavy atom. The molecule has 138 valence electrons. The Hall–Kier alpha value is -3.41. The van der Waals surface area contributed by atoms with Crippen LogP contribution in [0.5, 0.6) is 11.8 Å². The monoisotopic (exact) mass is 362 g/mol. The summed E-state index contributed by atoms with van der Waals surface area (Å²) in [5.74, 6) is 0.376. The predicted molar refractivity (Wildman–Crippen MR) is 107 cm³/mol. The molecule has 0 unspecified atom stereocenters.